The topological polar surface area (TPSA) is 0 Å². The molecule has 0 aliphatic heterocycles. The van der Waals surface area contributed by atoms with Gasteiger partial charge < -0.3 is 0 Å². The first-order valence-corrected chi connectivity index (χ1v) is 20.8. The lowest BCUT2D eigenvalue weighted by molar-refractivity contribution is 0.666. The normalized spacial score (nSPS) is 13.1. The fourth-order valence-electron chi connectivity index (χ4n) is 10.6. The second-order valence-electron chi connectivity index (χ2n) is 16.7. The summed E-state index contributed by atoms with van der Waals surface area (Å²) in [4.78, 5) is 0. The van der Waals surface area contributed by atoms with Crippen LogP contribution in [0.5, 0.6) is 0 Å². The Bertz CT molecular complexity index is 3430. The van der Waals surface area contributed by atoms with Crippen LogP contribution in [0.15, 0.2) is 206 Å². The average Bonchev–Trinajstić information content (AvgIpc) is 3.54. The van der Waals surface area contributed by atoms with Crippen LogP contribution in [-0.4, -0.2) is 0 Å². The van der Waals surface area contributed by atoms with Crippen molar-refractivity contribution in [3.8, 4) is 55.6 Å². The lowest BCUT2D eigenvalue weighted by Crippen LogP contribution is -2.15. The second kappa shape index (κ2) is 12.9. The summed E-state index contributed by atoms with van der Waals surface area (Å²) in [7, 11) is 0. The van der Waals surface area contributed by atoms with E-state index in [1.54, 1.807) is 0 Å². The quantitative estimate of drug-likeness (QED) is 0.124. The molecule has 0 heterocycles. The van der Waals surface area contributed by atoms with E-state index in [9.17, 15) is 0 Å². The van der Waals surface area contributed by atoms with Gasteiger partial charge in [0.25, 0.3) is 0 Å². The summed E-state index contributed by atoms with van der Waals surface area (Å²) in [6.45, 7) is 4.77. The highest BCUT2D eigenvalue weighted by molar-refractivity contribution is 6.21. The molecule has 0 saturated carbocycles. The maximum atomic E-state index is 2.39. The predicted molar refractivity (Wildman–Crippen MR) is 253 cm³/mol. The monoisotopic (exact) mass is 748 g/mol. The standard InChI is InChI=1S/C59H40/c1-59(2)54-25-13-24-44(57(54)52-35-34-37-14-3-6-17-45(37)58(52)59)38-26-30-40(31-27-38)55-48-20-9-11-22-50(48)56(51-23-12-10-21-49(51)55)41-32-28-39(29-33-41)53-36-42-15-4-5-16-43(42)46-18-7-8-19-47(46)53/h3-36H,1-2H3. The van der Waals surface area contributed by atoms with Crippen molar-refractivity contribution in [1.82, 2.24) is 0 Å². The second-order valence-corrected chi connectivity index (χ2v) is 16.7. The molecule has 0 bridgehead atoms. The van der Waals surface area contributed by atoms with Gasteiger partial charge in [0.1, 0.15) is 0 Å². The van der Waals surface area contributed by atoms with Gasteiger partial charge in [0.15, 0.2) is 0 Å². The molecular formula is C59H40. The molecule has 0 unspecified atom stereocenters. The van der Waals surface area contributed by atoms with Gasteiger partial charge in [-0.1, -0.05) is 214 Å². The maximum absolute atomic E-state index is 2.39. The molecule has 0 aromatic heterocycles. The zero-order chi connectivity index (χ0) is 39.2. The Hall–Kier alpha value is -7.28. The van der Waals surface area contributed by atoms with Crippen LogP contribution in [0, 0.1) is 0 Å². The smallest absolute Gasteiger partial charge is 0.0165 e. The molecule has 0 amide bonds. The predicted octanol–water partition coefficient (Wildman–Crippen LogP) is 16.4. The van der Waals surface area contributed by atoms with Gasteiger partial charge in [0, 0.05) is 5.41 Å². The van der Waals surface area contributed by atoms with Crippen molar-refractivity contribution < 1.29 is 0 Å². The molecule has 0 N–H and O–H groups in total. The molecule has 276 valence electrons. The third-order valence-electron chi connectivity index (χ3n) is 13.2. The Morgan fingerprint density at radius 3 is 1.32 bits per heavy atom. The van der Waals surface area contributed by atoms with Gasteiger partial charge in [-0.2, -0.15) is 0 Å². The van der Waals surface area contributed by atoms with Crippen LogP contribution in [0.1, 0.15) is 25.0 Å². The van der Waals surface area contributed by atoms with E-state index in [0.717, 1.165) is 0 Å². The van der Waals surface area contributed by atoms with Crippen LogP contribution in [0.4, 0.5) is 0 Å². The zero-order valence-electron chi connectivity index (χ0n) is 33.1. The van der Waals surface area contributed by atoms with E-state index in [4.69, 9.17) is 0 Å². The molecule has 12 rings (SSSR count). The van der Waals surface area contributed by atoms with E-state index in [-0.39, 0.29) is 5.41 Å². The first-order valence-electron chi connectivity index (χ1n) is 20.8. The summed E-state index contributed by atoms with van der Waals surface area (Å²) >= 11 is 0. The van der Waals surface area contributed by atoms with Crippen LogP contribution in [0.2, 0.25) is 0 Å². The van der Waals surface area contributed by atoms with E-state index >= 15 is 0 Å². The molecule has 1 aliphatic rings. The Morgan fingerprint density at radius 1 is 0.271 bits per heavy atom. The Morgan fingerprint density at radius 2 is 0.729 bits per heavy atom. The lowest BCUT2D eigenvalue weighted by Gasteiger charge is -2.23. The van der Waals surface area contributed by atoms with E-state index < -0.39 is 0 Å². The molecule has 0 saturated heterocycles. The summed E-state index contributed by atoms with van der Waals surface area (Å²) in [5.41, 5.74) is 15.5. The van der Waals surface area contributed by atoms with Crippen molar-refractivity contribution in [3.63, 3.8) is 0 Å². The van der Waals surface area contributed by atoms with Gasteiger partial charge in [0.05, 0.1) is 0 Å². The number of hydrogen-bond acceptors (Lipinski definition) is 0. The zero-order valence-corrected chi connectivity index (χ0v) is 33.1. The number of benzene rings is 11. The van der Waals surface area contributed by atoms with Crippen molar-refractivity contribution in [2.45, 2.75) is 19.3 Å². The first kappa shape index (κ1) is 33.8. The molecule has 1 aliphatic carbocycles. The molecule has 0 radical (unpaired) electrons. The fourth-order valence-corrected chi connectivity index (χ4v) is 10.6. The Balaban J connectivity index is 0.982. The van der Waals surface area contributed by atoms with Crippen LogP contribution in [-0.2, 0) is 5.41 Å². The summed E-state index contributed by atoms with van der Waals surface area (Å²) in [6.07, 6.45) is 0. The minimum Gasteiger partial charge on any atom is -0.0616 e. The highest BCUT2D eigenvalue weighted by Gasteiger charge is 2.38. The van der Waals surface area contributed by atoms with Gasteiger partial charge in [-0.25, -0.2) is 0 Å². The minimum atomic E-state index is -0.0911. The third-order valence-corrected chi connectivity index (χ3v) is 13.2. The summed E-state index contributed by atoms with van der Waals surface area (Å²) < 4.78 is 0. The first-order chi connectivity index (χ1) is 29.0. The summed E-state index contributed by atoms with van der Waals surface area (Å²) in [5, 5.41) is 12.8. The van der Waals surface area contributed by atoms with Crippen molar-refractivity contribution in [3.05, 3.63) is 217 Å². The molecule has 0 heteroatoms. The molecule has 11 aromatic rings. The van der Waals surface area contributed by atoms with Crippen LogP contribution in [0.3, 0.4) is 0 Å². The lowest BCUT2D eigenvalue weighted by atomic mass is 9.80. The molecule has 0 fully saturated rings. The molecule has 59 heavy (non-hydrogen) atoms. The summed E-state index contributed by atoms with van der Waals surface area (Å²) in [6, 6.07) is 76.8. The van der Waals surface area contributed by atoms with Gasteiger partial charge in [-0.05, 0) is 127 Å². The van der Waals surface area contributed by atoms with Crippen LogP contribution >= 0.6 is 0 Å². The molecule has 0 nitrogen and oxygen atoms in total. The SMILES string of the molecule is CC1(C)c2cccc(-c3ccc(-c4c5ccccc5c(-c5ccc(-c6cc7ccccc7c7ccccc67)cc5)c5ccccc45)cc3)c2-c2ccc3ccccc3c21. The van der Waals surface area contributed by atoms with Gasteiger partial charge in [-0.15, -0.1) is 0 Å². The largest absolute Gasteiger partial charge is 0.0616 e. The number of hydrogen-bond donors (Lipinski definition) is 0. The van der Waals surface area contributed by atoms with Gasteiger partial charge >= 0.3 is 0 Å². The highest BCUT2D eigenvalue weighted by Crippen LogP contribution is 2.54. The average molecular weight is 749 g/mol. The van der Waals surface area contributed by atoms with Crippen LogP contribution < -0.4 is 0 Å². The third kappa shape index (κ3) is 5.03. The van der Waals surface area contributed by atoms with Gasteiger partial charge in [0.2, 0.25) is 0 Å². The van der Waals surface area contributed by atoms with E-state index in [2.05, 4.69) is 220 Å². The Kier molecular flexibility index (Phi) is 7.38. The van der Waals surface area contributed by atoms with Crippen molar-refractivity contribution in [2.75, 3.05) is 0 Å². The van der Waals surface area contributed by atoms with Crippen LogP contribution in [0.25, 0.3) is 109 Å². The highest BCUT2D eigenvalue weighted by atomic mass is 14.4. The Labute approximate surface area is 344 Å². The maximum Gasteiger partial charge on any atom is 0.0165 e. The summed E-state index contributed by atoms with van der Waals surface area (Å²) in [5.74, 6) is 0. The number of fused-ring (bicyclic) bond motifs is 10. The molecular weight excluding hydrogens is 709 g/mol. The van der Waals surface area contributed by atoms with Gasteiger partial charge in [-0.3, -0.25) is 0 Å². The van der Waals surface area contributed by atoms with E-state index in [0.29, 0.717) is 0 Å². The van der Waals surface area contributed by atoms with Crippen molar-refractivity contribution in [1.29, 1.82) is 0 Å². The molecule has 0 spiro atoms. The van der Waals surface area contributed by atoms with E-state index in [1.165, 1.54) is 121 Å². The number of rotatable bonds is 4. The molecule has 0 atom stereocenters. The van der Waals surface area contributed by atoms with Crippen molar-refractivity contribution in [2.24, 2.45) is 0 Å². The van der Waals surface area contributed by atoms with Crippen molar-refractivity contribution >= 4 is 53.9 Å². The molecule has 11 aromatic carbocycles. The van der Waals surface area contributed by atoms with E-state index in [1.807, 2.05) is 0 Å². The minimum absolute atomic E-state index is 0.0911. The fraction of sp³-hybridized carbons (Fsp3) is 0.0508.